The molecule has 2 aliphatic carbocycles. The van der Waals surface area contributed by atoms with Crippen molar-refractivity contribution in [2.75, 3.05) is 0 Å². The first-order valence-corrected chi connectivity index (χ1v) is 9.45. The van der Waals surface area contributed by atoms with Crippen molar-refractivity contribution in [2.24, 2.45) is 11.8 Å². The van der Waals surface area contributed by atoms with Crippen LogP contribution in [0.1, 0.15) is 32.1 Å². The third-order valence-corrected chi connectivity index (χ3v) is 5.71. The fourth-order valence-corrected chi connectivity index (χ4v) is 4.47. The van der Waals surface area contributed by atoms with Gasteiger partial charge in [0.2, 0.25) is 5.88 Å². The molecule has 7 heteroatoms. The Balaban J connectivity index is 1.31. The molecule has 0 spiro atoms. The van der Waals surface area contributed by atoms with E-state index in [0.717, 1.165) is 30.4 Å². The molecule has 2 aliphatic rings. The number of rotatable bonds is 4. The topological polar surface area (TPSA) is 86.0 Å². The SMILES string of the molecule is Oc1cc(-n2ccnn2)ccc1-c1ccc(OC2C[C@H]3CC[C@@H](C2)C3)nn1. The van der Waals surface area contributed by atoms with E-state index in [1.54, 1.807) is 29.2 Å². The quantitative estimate of drug-likeness (QED) is 0.765. The van der Waals surface area contributed by atoms with Crippen LogP contribution in [0, 0.1) is 11.8 Å². The summed E-state index contributed by atoms with van der Waals surface area (Å²) in [6, 6.07) is 8.96. The average Bonchev–Trinajstić information content (AvgIpc) is 3.32. The van der Waals surface area contributed by atoms with Crippen molar-refractivity contribution >= 4 is 0 Å². The monoisotopic (exact) mass is 363 g/mol. The van der Waals surface area contributed by atoms with Gasteiger partial charge in [-0.25, -0.2) is 4.68 Å². The van der Waals surface area contributed by atoms with E-state index in [4.69, 9.17) is 4.74 Å². The highest BCUT2D eigenvalue weighted by molar-refractivity contribution is 5.68. The van der Waals surface area contributed by atoms with Gasteiger partial charge in [0.05, 0.1) is 23.8 Å². The molecule has 1 unspecified atom stereocenters. The summed E-state index contributed by atoms with van der Waals surface area (Å²) in [4.78, 5) is 0. The Labute approximate surface area is 157 Å². The van der Waals surface area contributed by atoms with Crippen LogP contribution in [0.3, 0.4) is 0 Å². The smallest absolute Gasteiger partial charge is 0.233 e. The molecule has 2 bridgehead atoms. The normalized spacial score (nSPS) is 24.1. The molecule has 0 saturated heterocycles. The van der Waals surface area contributed by atoms with Crippen LogP contribution in [0.2, 0.25) is 0 Å². The predicted molar refractivity (Wildman–Crippen MR) is 98.5 cm³/mol. The van der Waals surface area contributed by atoms with E-state index in [9.17, 15) is 5.11 Å². The molecule has 0 amide bonds. The van der Waals surface area contributed by atoms with Gasteiger partial charge in [-0.2, -0.15) is 0 Å². The third-order valence-electron chi connectivity index (χ3n) is 5.71. The Morgan fingerprint density at radius 1 is 1.00 bits per heavy atom. The second-order valence-electron chi connectivity index (χ2n) is 7.56. The molecule has 2 fully saturated rings. The number of phenols is 1. The number of ether oxygens (including phenoxy) is 1. The second-order valence-corrected chi connectivity index (χ2v) is 7.56. The Morgan fingerprint density at radius 2 is 1.85 bits per heavy atom. The summed E-state index contributed by atoms with van der Waals surface area (Å²) in [6.45, 7) is 0. The Hall–Kier alpha value is -2.96. The molecule has 1 aromatic carbocycles. The maximum atomic E-state index is 10.4. The highest BCUT2D eigenvalue weighted by atomic mass is 16.5. The first kappa shape index (κ1) is 16.2. The third kappa shape index (κ3) is 3.25. The van der Waals surface area contributed by atoms with Crippen LogP contribution >= 0.6 is 0 Å². The fraction of sp³-hybridized carbons (Fsp3) is 0.400. The van der Waals surface area contributed by atoms with Gasteiger partial charge >= 0.3 is 0 Å². The number of aromatic hydroxyl groups is 1. The van der Waals surface area contributed by atoms with Crippen LogP contribution < -0.4 is 4.74 Å². The first-order valence-electron chi connectivity index (χ1n) is 9.45. The highest BCUT2D eigenvalue weighted by Gasteiger charge is 2.35. The number of fused-ring (bicyclic) bond motifs is 2. The van der Waals surface area contributed by atoms with Crippen molar-refractivity contribution in [3.63, 3.8) is 0 Å². The zero-order chi connectivity index (χ0) is 18.2. The summed E-state index contributed by atoms with van der Waals surface area (Å²) in [5.74, 6) is 2.32. The lowest BCUT2D eigenvalue weighted by Crippen LogP contribution is -2.26. The van der Waals surface area contributed by atoms with E-state index >= 15 is 0 Å². The predicted octanol–water partition coefficient (Wildman–Crippen LogP) is 3.39. The summed E-state index contributed by atoms with van der Waals surface area (Å²) in [6.07, 6.45) is 9.89. The van der Waals surface area contributed by atoms with E-state index in [2.05, 4.69) is 20.5 Å². The highest BCUT2D eigenvalue weighted by Crippen LogP contribution is 2.43. The van der Waals surface area contributed by atoms with Crippen molar-refractivity contribution in [2.45, 2.75) is 38.2 Å². The van der Waals surface area contributed by atoms with Crippen LogP contribution in [0.4, 0.5) is 0 Å². The number of hydrogen-bond acceptors (Lipinski definition) is 6. The average molecular weight is 363 g/mol. The van der Waals surface area contributed by atoms with Gasteiger partial charge in [0.1, 0.15) is 11.9 Å². The molecular weight excluding hydrogens is 342 g/mol. The van der Waals surface area contributed by atoms with Gasteiger partial charge in [-0.05, 0) is 49.3 Å². The molecular formula is C20H21N5O2. The van der Waals surface area contributed by atoms with Crippen LogP contribution in [0.5, 0.6) is 11.6 Å². The van der Waals surface area contributed by atoms with E-state index < -0.39 is 0 Å². The maximum Gasteiger partial charge on any atom is 0.233 e. The van der Waals surface area contributed by atoms with Crippen molar-refractivity contribution in [1.29, 1.82) is 0 Å². The lowest BCUT2D eigenvalue weighted by atomic mass is 9.87. The Kier molecular flexibility index (Phi) is 3.99. The summed E-state index contributed by atoms with van der Waals surface area (Å²) in [5.41, 5.74) is 1.95. The molecule has 138 valence electrons. The van der Waals surface area contributed by atoms with Crippen LogP contribution in [0.15, 0.2) is 42.7 Å². The van der Waals surface area contributed by atoms with Gasteiger partial charge in [0.25, 0.3) is 0 Å². The molecule has 5 rings (SSSR count). The minimum absolute atomic E-state index is 0.120. The lowest BCUT2D eigenvalue weighted by molar-refractivity contribution is 0.113. The summed E-state index contributed by atoms with van der Waals surface area (Å²) in [5, 5.41) is 26.6. The van der Waals surface area contributed by atoms with E-state index in [0.29, 0.717) is 17.1 Å². The standard InChI is InChI=1S/C20H21N5O2/c26-19-12-15(25-8-7-21-24-25)3-4-17(19)18-5-6-20(23-22-18)27-16-10-13-1-2-14(9-13)11-16/h3-8,12-14,16,26H,1-2,9-11H2/t13-,14+,16?. The molecule has 1 N–H and O–H groups in total. The zero-order valence-corrected chi connectivity index (χ0v) is 14.9. The number of aromatic nitrogens is 5. The molecule has 0 radical (unpaired) electrons. The Morgan fingerprint density at radius 3 is 2.52 bits per heavy atom. The number of hydrogen-bond donors (Lipinski definition) is 1. The maximum absolute atomic E-state index is 10.4. The molecule has 27 heavy (non-hydrogen) atoms. The number of phenolic OH excluding ortho intramolecular Hbond substituents is 1. The first-order chi connectivity index (χ1) is 13.2. The van der Waals surface area contributed by atoms with Gasteiger partial charge in [-0.1, -0.05) is 18.1 Å². The summed E-state index contributed by atoms with van der Waals surface area (Å²) >= 11 is 0. The van der Waals surface area contributed by atoms with Crippen LogP contribution in [-0.4, -0.2) is 36.4 Å². The minimum atomic E-state index is 0.120. The molecule has 2 heterocycles. The van der Waals surface area contributed by atoms with Gasteiger partial charge in [-0.15, -0.1) is 15.3 Å². The van der Waals surface area contributed by atoms with E-state index in [1.165, 1.54) is 19.3 Å². The molecule has 7 nitrogen and oxygen atoms in total. The number of nitrogens with zero attached hydrogens (tertiary/aromatic N) is 5. The van der Waals surface area contributed by atoms with Gasteiger partial charge < -0.3 is 9.84 Å². The zero-order valence-electron chi connectivity index (χ0n) is 14.9. The largest absolute Gasteiger partial charge is 0.507 e. The molecule has 3 aromatic rings. The van der Waals surface area contributed by atoms with Crippen LogP contribution in [-0.2, 0) is 0 Å². The Bertz CT molecular complexity index is 914. The fourth-order valence-electron chi connectivity index (χ4n) is 4.47. The second kappa shape index (κ2) is 6.64. The van der Waals surface area contributed by atoms with Crippen molar-refractivity contribution in [3.8, 4) is 28.6 Å². The molecule has 3 atom stereocenters. The van der Waals surface area contributed by atoms with Gasteiger partial charge in [-0.3, -0.25) is 0 Å². The molecule has 2 saturated carbocycles. The van der Waals surface area contributed by atoms with E-state index in [-0.39, 0.29) is 11.9 Å². The number of benzene rings is 1. The summed E-state index contributed by atoms with van der Waals surface area (Å²) < 4.78 is 7.66. The van der Waals surface area contributed by atoms with Crippen molar-refractivity contribution in [3.05, 3.63) is 42.7 Å². The molecule has 0 aliphatic heterocycles. The summed E-state index contributed by atoms with van der Waals surface area (Å²) in [7, 11) is 0. The van der Waals surface area contributed by atoms with Gasteiger partial charge in [0.15, 0.2) is 0 Å². The van der Waals surface area contributed by atoms with Crippen molar-refractivity contribution < 1.29 is 9.84 Å². The van der Waals surface area contributed by atoms with E-state index in [1.807, 2.05) is 18.2 Å². The van der Waals surface area contributed by atoms with Gasteiger partial charge in [0, 0.05) is 17.7 Å². The molecule has 2 aromatic heterocycles. The van der Waals surface area contributed by atoms with Crippen molar-refractivity contribution in [1.82, 2.24) is 25.2 Å². The lowest BCUT2D eigenvalue weighted by Gasteiger charge is -2.27. The van der Waals surface area contributed by atoms with Crippen LogP contribution in [0.25, 0.3) is 16.9 Å². The minimum Gasteiger partial charge on any atom is -0.507 e.